The molecule has 1 aromatic heterocycles. The monoisotopic (exact) mass is 272 g/mol. The number of ether oxygens (including phenoxy) is 2. The van der Waals surface area contributed by atoms with E-state index in [1.807, 2.05) is 37.4 Å². The number of aromatic nitrogens is 1. The Bertz CT molecular complexity index is 529. The van der Waals surface area contributed by atoms with Gasteiger partial charge in [-0.3, -0.25) is 4.98 Å². The van der Waals surface area contributed by atoms with Crippen molar-refractivity contribution in [3.8, 4) is 11.5 Å². The van der Waals surface area contributed by atoms with Gasteiger partial charge in [-0.05, 0) is 24.6 Å². The van der Waals surface area contributed by atoms with Gasteiger partial charge in [-0.15, -0.1) is 0 Å². The minimum Gasteiger partial charge on any atom is -0.493 e. The second-order valence-corrected chi connectivity index (χ2v) is 4.35. The van der Waals surface area contributed by atoms with E-state index >= 15 is 0 Å². The number of para-hydroxylation sites is 1. The van der Waals surface area contributed by atoms with Crippen molar-refractivity contribution in [3.63, 3.8) is 0 Å². The lowest BCUT2D eigenvalue weighted by Crippen LogP contribution is -2.14. The molecule has 0 saturated carbocycles. The van der Waals surface area contributed by atoms with Gasteiger partial charge in [-0.1, -0.05) is 18.2 Å². The first-order valence-corrected chi connectivity index (χ1v) is 6.73. The lowest BCUT2D eigenvalue weighted by atomic mass is 10.1. The lowest BCUT2D eigenvalue weighted by Gasteiger charge is -2.14. The molecule has 4 heteroatoms. The second-order valence-electron chi connectivity index (χ2n) is 4.35. The topological polar surface area (TPSA) is 43.4 Å². The van der Waals surface area contributed by atoms with Crippen molar-refractivity contribution < 1.29 is 9.47 Å². The molecule has 0 amide bonds. The van der Waals surface area contributed by atoms with E-state index in [1.54, 1.807) is 13.3 Å². The molecule has 0 aliphatic carbocycles. The van der Waals surface area contributed by atoms with E-state index in [1.165, 1.54) is 0 Å². The third-order valence-corrected chi connectivity index (χ3v) is 2.94. The molecule has 2 rings (SSSR count). The molecular weight excluding hydrogens is 252 g/mol. The van der Waals surface area contributed by atoms with Crippen molar-refractivity contribution in [2.24, 2.45) is 0 Å². The number of nitrogens with one attached hydrogen (secondary N) is 1. The number of nitrogens with zero attached hydrogens (tertiary/aromatic N) is 1. The molecule has 0 atom stereocenters. The Labute approximate surface area is 119 Å². The zero-order chi connectivity index (χ0) is 14.2. The van der Waals surface area contributed by atoms with Gasteiger partial charge in [0, 0.05) is 31.0 Å². The van der Waals surface area contributed by atoms with Crippen LogP contribution >= 0.6 is 0 Å². The molecule has 0 radical (unpaired) electrons. The van der Waals surface area contributed by atoms with Gasteiger partial charge >= 0.3 is 0 Å². The Balaban J connectivity index is 2.01. The molecule has 1 aromatic carbocycles. The summed E-state index contributed by atoms with van der Waals surface area (Å²) in [5, 5.41) is 3.39. The smallest absolute Gasteiger partial charge is 0.165 e. The maximum absolute atomic E-state index is 5.68. The third-order valence-electron chi connectivity index (χ3n) is 2.94. The average molecular weight is 272 g/mol. The fraction of sp³-hybridized carbons (Fsp3) is 0.312. The van der Waals surface area contributed by atoms with Crippen molar-refractivity contribution in [1.29, 1.82) is 0 Å². The van der Waals surface area contributed by atoms with Crippen LogP contribution in [0.4, 0.5) is 0 Å². The van der Waals surface area contributed by atoms with Gasteiger partial charge in [-0.2, -0.15) is 0 Å². The number of hydrogen-bond acceptors (Lipinski definition) is 4. The molecular formula is C16H20N2O2. The number of hydrogen-bond donors (Lipinski definition) is 1. The Kier molecular flexibility index (Phi) is 5.38. The Morgan fingerprint density at radius 3 is 2.75 bits per heavy atom. The second kappa shape index (κ2) is 7.50. The van der Waals surface area contributed by atoms with Crippen molar-refractivity contribution in [2.75, 3.05) is 13.7 Å². The van der Waals surface area contributed by atoms with Gasteiger partial charge in [0.1, 0.15) is 0 Å². The number of rotatable bonds is 7. The van der Waals surface area contributed by atoms with Crippen LogP contribution in [0.15, 0.2) is 42.7 Å². The number of methoxy groups -OCH3 is 1. The Morgan fingerprint density at radius 1 is 1.15 bits per heavy atom. The molecule has 2 aromatic rings. The van der Waals surface area contributed by atoms with Crippen LogP contribution in [-0.4, -0.2) is 18.7 Å². The van der Waals surface area contributed by atoms with Crippen LogP contribution in [0.25, 0.3) is 0 Å². The van der Waals surface area contributed by atoms with Crippen LogP contribution in [0, 0.1) is 0 Å². The highest BCUT2D eigenvalue weighted by atomic mass is 16.5. The van der Waals surface area contributed by atoms with E-state index in [2.05, 4.69) is 16.4 Å². The van der Waals surface area contributed by atoms with Gasteiger partial charge in [0.05, 0.1) is 13.7 Å². The van der Waals surface area contributed by atoms with Gasteiger partial charge in [0.25, 0.3) is 0 Å². The van der Waals surface area contributed by atoms with E-state index < -0.39 is 0 Å². The standard InChI is InChI=1S/C16H20N2O2/c1-3-20-16-14(7-4-8-15(16)19-2)12-18-11-13-6-5-9-17-10-13/h4-10,18H,3,11-12H2,1-2H3. The molecule has 0 bridgehead atoms. The summed E-state index contributed by atoms with van der Waals surface area (Å²) in [4.78, 5) is 4.10. The molecule has 0 fully saturated rings. The maximum atomic E-state index is 5.68. The fourth-order valence-electron chi connectivity index (χ4n) is 2.01. The van der Waals surface area contributed by atoms with Crippen LogP contribution in [0.1, 0.15) is 18.1 Å². The quantitative estimate of drug-likeness (QED) is 0.841. The Morgan fingerprint density at radius 2 is 2.05 bits per heavy atom. The summed E-state index contributed by atoms with van der Waals surface area (Å²) >= 11 is 0. The van der Waals surface area contributed by atoms with Gasteiger partial charge < -0.3 is 14.8 Å². The highest BCUT2D eigenvalue weighted by molar-refractivity contribution is 5.46. The molecule has 106 valence electrons. The summed E-state index contributed by atoms with van der Waals surface area (Å²) in [6.45, 7) is 4.09. The summed E-state index contributed by atoms with van der Waals surface area (Å²) in [6.07, 6.45) is 3.64. The van der Waals surface area contributed by atoms with Crippen molar-refractivity contribution >= 4 is 0 Å². The molecule has 20 heavy (non-hydrogen) atoms. The largest absolute Gasteiger partial charge is 0.493 e. The van der Waals surface area contributed by atoms with Crippen LogP contribution in [0.5, 0.6) is 11.5 Å². The van der Waals surface area contributed by atoms with E-state index in [0.717, 1.165) is 35.7 Å². The molecule has 0 aliphatic rings. The maximum Gasteiger partial charge on any atom is 0.165 e. The van der Waals surface area contributed by atoms with E-state index in [-0.39, 0.29) is 0 Å². The minimum absolute atomic E-state index is 0.621. The van der Waals surface area contributed by atoms with Gasteiger partial charge in [-0.25, -0.2) is 0 Å². The molecule has 1 N–H and O–H groups in total. The van der Waals surface area contributed by atoms with Crippen molar-refractivity contribution in [2.45, 2.75) is 20.0 Å². The van der Waals surface area contributed by atoms with E-state index in [4.69, 9.17) is 9.47 Å². The predicted octanol–water partition coefficient (Wildman–Crippen LogP) is 2.78. The van der Waals surface area contributed by atoms with Gasteiger partial charge in [0.15, 0.2) is 11.5 Å². The summed E-state index contributed by atoms with van der Waals surface area (Å²) in [5.74, 6) is 1.59. The van der Waals surface area contributed by atoms with E-state index in [9.17, 15) is 0 Å². The fourth-order valence-corrected chi connectivity index (χ4v) is 2.01. The van der Waals surface area contributed by atoms with Crippen LogP contribution in [0.3, 0.4) is 0 Å². The zero-order valence-electron chi connectivity index (χ0n) is 11.9. The summed E-state index contributed by atoms with van der Waals surface area (Å²) in [7, 11) is 1.66. The molecule has 1 heterocycles. The molecule has 0 saturated heterocycles. The molecule has 0 unspecified atom stereocenters. The third kappa shape index (κ3) is 3.71. The van der Waals surface area contributed by atoms with Crippen LogP contribution in [-0.2, 0) is 13.1 Å². The zero-order valence-corrected chi connectivity index (χ0v) is 11.9. The summed E-state index contributed by atoms with van der Waals surface area (Å²) in [6, 6.07) is 9.92. The van der Waals surface area contributed by atoms with Gasteiger partial charge in [0.2, 0.25) is 0 Å². The first-order chi connectivity index (χ1) is 9.85. The predicted molar refractivity (Wildman–Crippen MR) is 78.9 cm³/mol. The minimum atomic E-state index is 0.621. The van der Waals surface area contributed by atoms with E-state index in [0.29, 0.717) is 6.61 Å². The highest BCUT2D eigenvalue weighted by Gasteiger charge is 2.09. The Hall–Kier alpha value is -2.07. The van der Waals surface area contributed by atoms with Crippen LogP contribution in [0.2, 0.25) is 0 Å². The summed E-state index contributed by atoms with van der Waals surface area (Å²) in [5.41, 5.74) is 2.25. The van der Waals surface area contributed by atoms with Crippen molar-refractivity contribution in [1.82, 2.24) is 10.3 Å². The molecule has 0 aliphatic heterocycles. The normalized spacial score (nSPS) is 10.3. The lowest BCUT2D eigenvalue weighted by molar-refractivity contribution is 0.306. The number of pyridine rings is 1. The molecule has 0 spiro atoms. The SMILES string of the molecule is CCOc1c(CNCc2cccnc2)cccc1OC. The molecule has 4 nitrogen and oxygen atoms in total. The first kappa shape index (κ1) is 14.3. The van der Waals surface area contributed by atoms with Crippen LogP contribution < -0.4 is 14.8 Å². The highest BCUT2D eigenvalue weighted by Crippen LogP contribution is 2.30. The first-order valence-electron chi connectivity index (χ1n) is 6.73. The van der Waals surface area contributed by atoms with Crippen molar-refractivity contribution in [3.05, 3.63) is 53.9 Å². The number of benzene rings is 1. The summed E-state index contributed by atoms with van der Waals surface area (Å²) < 4.78 is 11.0. The average Bonchev–Trinajstić information content (AvgIpc) is 2.50.